The lowest BCUT2D eigenvalue weighted by atomic mass is 10.2. The minimum Gasteiger partial charge on any atom is -0.310 e. The van der Waals surface area contributed by atoms with E-state index in [1.54, 1.807) is 6.07 Å². The topological polar surface area (TPSA) is 22.0 Å². The maximum absolute atomic E-state index is 13.4. The summed E-state index contributed by atoms with van der Waals surface area (Å²) in [5.74, 6) is -1.05. The highest BCUT2D eigenvalue weighted by Gasteiger charge is 2.06. The number of rotatable bonds is 2. The van der Waals surface area contributed by atoms with Crippen LogP contribution in [0.2, 0.25) is 0 Å². The molecule has 2 nitrogen and oxygen atoms in total. The molecule has 0 radical (unpaired) electrons. The summed E-state index contributed by atoms with van der Waals surface area (Å²) in [6.45, 7) is 0.00185. The van der Waals surface area contributed by atoms with Gasteiger partial charge in [0.1, 0.15) is 11.6 Å². The van der Waals surface area contributed by atoms with Crippen molar-refractivity contribution in [2.24, 2.45) is 0 Å². The molecule has 0 saturated carbocycles. The third-order valence-electron chi connectivity index (χ3n) is 2.30. The van der Waals surface area contributed by atoms with E-state index in [0.717, 1.165) is 18.2 Å². The standard InChI is InChI=1S/C12H8BrF2NO/c13-9-1-4-12(17)16(7-9)6-8-5-10(14)2-3-11(8)15/h1-5,7H,6H2. The molecule has 0 bridgehead atoms. The van der Waals surface area contributed by atoms with Gasteiger partial charge in [-0.1, -0.05) is 0 Å². The molecule has 88 valence electrons. The van der Waals surface area contributed by atoms with Crippen LogP contribution in [0, 0.1) is 11.6 Å². The van der Waals surface area contributed by atoms with Crippen LogP contribution in [0.4, 0.5) is 8.78 Å². The predicted octanol–water partition coefficient (Wildman–Crippen LogP) is 2.94. The molecule has 5 heteroatoms. The smallest absolute Gasteiger partial charge is 0.250 e. The van der Waals surface area contributed by atoms with E-state index in [0.29, 0.717) is 4.47 Å². The number of halogens is 3. The van der Waals surface area contributed by atoms with E-state index >= 15 is 0 Å². The Balaban J connectivity index is 2.41. The molecule has 2 rings (SSSR count). The zero-order chi connectivity index (χ0) is 12.4. The molecule has 2 aromatic rings. The Bertz CT molecular complexity index is 610. The van der Waals surface area contributed by atoms with Gasteiger partial charge >= 0.3 is 0 Å². The van der Waals surface area contributed by atoms with Gasteiger partial charge in [0.2, 0.25) is 0 Å². The van der Waals surface area contributed by atoms with E-state index in [2.05, 4.69) is 15.9 Å². The van der Waals surface area contributed by atoms with Gasteiger partial charge in [0.15, 0.2) is 0 Å². The van der Waals surface area contributed by atoms with Crippen molar-refractivity contribution in [1.82, 2.24) is 4.57 Å². The van der Waals surface area contributed by atoms with Crippen molar-refractivity contribution < 1.29 is 8.78 Å². The average molecular weight is 300 g/mol. The van der Waals surface area contributed by atoms with Crippen LogP contribution in [0.25, 0.3) is 0 Å². The Kier molecular flexibility index (Phi) is 3.38. The number of benzene rings is 1. The van der Waals surface area contributed by atoms with Gasteiger partial charge < -0.3 is 4.57 Å². The first-order valence-electron chi connectivity index (χ1n) is 4.86. The van der Waals surface area contributed by atoms with Crippen molar-refractivity contribution in [3.8, 4) is 0 Å². The molecule has 0 aliphatic rings. The first-order valence-corrected chi connectivity index (χ1v) is 5.65. The Morgan fingerprint density at radius 2 is 1.94 bits per heavy atom. The quantitative estimate of drug-likeness (QED) is 0.836. The van der Waals surface area contributed by atoms with Crippen LogP contribution in [-0.2, 0) is 6.54 Å². The van der Waals surface area contributed by atoms with Crippen molar-refractivity contribution in [2.75, 3.05) is 0 Å². The lowest BCUT2D eigenvalue weighted by Crippen LogP contribution is -2.19. The van der Waals surface area contributed by atoms with Crippen LogP contribution in [0.3, 0.4) is 0 Å². The molecule has 1 heterocycles. The maximum atomic E-state index is 13.4. The van der Waals surface area contributed by atoms with Crippen LogP contribution in [0.15, 0.2) is 45.8 Å². The summed E-state index contributed by atoms with van der Waals surface area (Å²) >= 11 is 3.22. The lowest BCUT2D eigenvalue weighted by Gasteiger charge is -2.07. The molecule has 0 fully saturated rings. The van der Waals surface area contributed by atoms with Crippen LogP contribution >= 0.6 is 15.9 Å². The number of nitrogens with zero attached hydrogens (tertiary/aromatic N) is 1. The minimum atomic E-state index is -0.529. The monoisotopic (exact) mass is 299 g/mol. The average Bonchev–Trinajstić information content (AvgIpc) is 2.28. The molecular weight excluding hydrogens is 292 g/mol. The number of pyridine rings is 1. The number of hydrogen-bond donors (Lipinski definition) is 0. The summed E-state index contributed by atoms with van der Waals surface area (Å²) in [6.07, 6.45) is 1.53. The molecule has 0 aliphatic heterocycles. The maximum Gasteiger partial charge on any atom is 0.250 e. The fraction of sp³-hybridized carbons (Fsp3) is 0.0833. The largest absolute Gasteiger partial charge is 0.310 e. The fourth-order valence-electron chi connectivity index (χ4n) is 1.47. The zero-order valence-corrected chi connectivity index (χ0v) is 10.2. The number of aromatic nitrogens is 1. The summed E-state index contributed by atoms with van der Waals surface area (Å²) in [6, 6.07) is 6.14. The summed E-state index contributed by atoms with van der Waals surface area (Å²) < 4.78 is 28.4. The van der Waals surface area contributed by atoms with Crippen LogP contribution < -0.4 is 5.56 Å². The normalized spacial score (nSPS) is 10.5. The van der Waals surface area contributed by atoms with Crippen LogP contribution in [-0.4, -0.2) is 4.57 Å². The van der Waals surface area contributed by atoms with E-state index in [1.165, 1.54) is 16.8 Å². The van der Waals surface area contributed by atoms with Crippen molar-refractivity contribution in [1.29, 1.82) is 0 Å². The summed E-state index contributed by atoms with van der Waals surface area (Å²) in [5, 5.41) is 0. The van der Waals surface area contributed by atoms with Gasteiger partial charge in [-0.25, -0.2) is 8.78 Å². The molecule has 1 aromatic heterocycles. The molecule has 0 atom stereocenters. The van der Waals surface area contributed by atoms with Crippen molar-refractivity contribution in [2.45, 2.75) is 6.54 Å². The van der Waals surface area contributed by atoms with E-state index in [4.69, 9.17) is 0 Å². The van der Waals surface area contributed by atoms with Gasteiger partial charge in [0.25, 0.3) is 5.56 Å². The fourth-order valence-corrected chi connectivity index (χ4v) is 1.85. The van der Waals surface area contributed by atoms with Crippen molar-refractivity contribution in [3.63, 3.8) is 0 Å². The van der Waals surface area contributed by atoms with Crippen LogP contribution in [0.5, 0.6) is 0 Å². The minimum absolute atomic E-state index is 0.00185. The Morgan fingerprint density at radius 1 is 1.18 bits per heavy atom. The van der Waals surface area contributed by atoms with Gasteiger partial charge in [0.05, 0.1) is 6.54 Å². The second kappa shape index (κ2) is 4.79. The first-order chi connectivity index (χ1) is 8.06. The lowest BCUT2D eigenvalue weighted by molar-refractivity contribution is 0.574. The zero-order valence-electron chi connectivity index (χ0n) is 8.66. The van der Waals surface area contributed by atoms with Crippen molar-refractivity contribution in [3.05, 3.63) is 68.6 Å². The molecule has 0 N–H and O–H groups in total. The Morgan fingerprint density at radius 3 is 2.71 bits per heavy atom. The molecule has 0 spiro atoms. The SMILES string of the molecule is O=c1ccc(Br)cn1Cc1cc(F)ccc1F. The highest BCUT2D eigenvalue weighted by molar-refractivity contribution is 9.10. The molecule has 0 saturated heterocycles. The van der Waals surface area contributed by atoms with Gasteiger partial charge in [-0.15, -0.1) is 0 Å². The molecule has 0 unspecified atom stereocenters. The predicted molar refractivity (Wildman–Crippen MR) is 63.9 cm³/mol. The molecule has 1 aromatic carbocycles. The van der Waals surface area contributed by atoms with E-state index in [1.807, 2.05) is 0 Å². The second-order valence-corrected chi connectivity index (χ2v) is 4.46. The summed E-state index contributed by atoms with van der Waals surface area (Å²) in [4.78, 5) is 11.5. The van der Waals surface area contributed by atoms with Gasteiger partial charge in [-0.2, -0.15) is 0 Å². The first kappa shape index (κ1) is 12.0. The van der Waals surface area contributed by atoms with Gasteiger partial charge in [-0.3, -0.25) is 4.79 Å². The van der Waals surface area contributed by atoms with E-state index < -0.39 is 11.6 Å². The van der Waals surface area contributed by atoms with Gasteiger partial charge in [-0.05, 0) is 40.2 Å². The van der Waals surface area contributed by atoms with E-state index in [9.17, 15) is 13.6 Å². The molecule has 0 aliphatic carbocycles. The summed E-state index contributed by atoms with van der Waals surface area (Å²) in [7, 11) is 0. The van der Waals surface area contributed by atoms with Gasteiger partial charge in [0, 0.05) is 22.3 Å². The Hall–Kier alpha value is -1.49. The number of hydrogen-bond acceptors (Lipinski definition) is 1. The van der Waals surface area contributed by atoms with E-state index in [-0.39, 0.29) is 17.7 Å². The highest BCUT2D eigenvalue weighted by atomic mass is 79.9. The highest BCUT2D eigenvalue weighted by Crippen LogP contribution is 2.12. The van der Waals surface area contributed by atoms with Crippen molar-refractivity contribution >= 4 is 15.9 Å². The third kappa shape index (κ3) is 2.79. The molecule has 17 heavy (non-hydrogen) atoms. The molecular formula is C12H8BrF2NO. The van der Waals surface area contributed by atoms with Crippen LogP contribution in [0.1, 0.15) is 5.56 Å². The summed E-state index contributed by atoms with van der Waals surface area (Å²) in [5.41, 5.74) is -0.123. The molecule has 0 amide bonds. The Labute approximate surface area is 105 Å². The third-order valence-corrected chi connectivity index (χ3v) is 2.76. The second-order valence-electron chi connectivity index (χ2n) is 3.55.